The molecule has 0 bridgehead atoms. The lowest BCUT2D eigenvalue weighted by molar-refractivity contribution is -0.384. The van der Waals surface area contributed by atoms with E-state index in [9.17, 15) is 10.1 Å². The van der Waals surface area contributed by atoms with Gasteiger partial charge in [0.1, 0.15) is 22.2 Å². The zero-order valence-electron chi connectivity index (χ0n) is 12.2. The first kappa shape index (κ1) is 14.0. The van der Waals surface area contributed by atoms with Crippen LogP contribution < -0.4 is 4.90 Å². The van der Waals surface area contributed by atoms with Gasteiger partial charge in [0.15, 0.2) is 5.82 Å². The average Bonchev–Trinajstić information content (AvgIpc) is 3.24. The summed E-state index contributed by atoms with van der Waals surface area (Å²) in [5, 5.41) is 10.8. The fraction of sp³-hybridized carbons (Fsp3) is 0.267. The largest absolute Gasteiger partial charge is 0.355 e. The third-order valence-electron chi connectivity index (χ3n) is 3.99. The van der Waals surface area contributed by atoms with Crippen molar-refractivity contribution in [3.8, 4) is 11.3 Å². The van der Waals surface area contributed by atoms with Crippen molar-refractivity contribution in [1.82, 2.24) is 14.3 Å². The normalized spacial score (nSPS) is 14.5. The van der Waals surface area contributed by atoms with E-state index in [2.05, 4.69) is 19.2 Å². The van der Waals surface area contributed by atoms with Crippen molar-refractivity contribution in [3.05, 3.63) is 40.7 Å². The predicted octanol–water partition coefficient (Wildman–Crippen LogP) is 3.26. The zero-order valence-corrected chi connectivity index (χ0v) is 13.0. The van der Waals surface area contributed by atoms with Crippen LogP contribution in [0.1, 0.15) is 12.8 Å². The van der Waals surface area contributed by atoms with Crippen molar-refractivity contribution in [2.45, 2.75) is 12.8 Å². The van der Waals surface area contributed by atoms with E-state index in [1.165, 1.54) is 36.5 Å². The summed E-state index contributed by atoms with van der Waals surface area (Å²) in [6, 6.07) is 6.40. The number of nitro benzene ring substituents is 1. The summed E-state index contributed by atoms with van der Waals surface area (Å²) in [7, 11) is 0. The molecule has 0 unspecified atom stereocenters. The van der Waals surface area contributed by atoms with Gasteiger partial charge < -0.3 is 4.90 Å². The van der Waals surface area contributed by atoms with Crippen LogP contribution in [0.15, 0.2) is 30.6 Å². The van der Waals surface area contributed by atoms with Gasteiger partial charge in [-0.3, -0.25) is 10.1 Å². The smallest absolute Gasteiger partial charge is 0.269 e. The lowest BCUT2D eigenvalue weighted by atomic mass is 10.1. The summed E-state index contributed by atoms with van der Waals surface area (Å²) >= 11 is 1.38. The van der Waals surface area contributed by atoms with Crippen molar-refractivity contribution in [2.24, 2.45) is 0 Å². The number of aromatic nitrogens is 3. The lowest BCUT2D eigenvalue weighted by Gasteiger charge is -2.15. The Bertz CT molecular complexity index is 871. The van der Waals surface area contributed by atoms with Crippen LogP contribution in [0.3, 0.4) is 0 Å². The van der Waals surface area contributed by atoms with Crippen molar-refractivity contribution < 1.29 is 4.92 Å². The molecule has 1 aliphatic rings. The average molecular weight is 327 g/mol. The van der Waals surface area contributed by atoms with Gasteiger partial charge in [0, 0.05) is 30.8 Å². The highest BCUT2D eigenvalue weighted by molar-refractivity contribution is 7.14. The lowest BCUT2D eigenvalue weighted by Crippen LogP contribution is -2.19. The summed E-state index contributed by atoms with van der Waals surface area (Å²) in [4.78, 5) is 21.4. The molecule has 0 radical (unpaired) electrons. The summed E-state index contributed by atoms with van der Waals surface area (Å²) in [5.41, 5.74) is 2.46. The maximum Gasteiger partial charge on any atom is 0.269 e. The Balaban J connectivity index is 1.79. The summed E-state index contributed by atoms with van der Waals surface area (Å²) in [6.07, 6.45) is 3.93. The molecule has 4 rings (SSSR count). The van der Waals surface area contributed by atoms with E-state index >= 15 is 0 Å². The summed E-state index contributed by atoms with van der Waals surface area (Å²) in [5.74, 6) is 0.943. The van der Waals surface area contributed by atoms with Crippen LogP contribution >= 0.6 is 11.5 Å². The second-order valence-corrected chi connectivity index (χ2v) is 6.18. The molecule has 2 aromatic heterocycles. The van der Waals surface area contributed by atoms with E-state index in [-0.39, 0.29) is 5.69 Å². The molecule has 7 nitrogen and oxygen atoms in total. The Morgan fingerprint density at radius 3 is 2.57 bits per heavy atom. The highest BCUT2D eigenvalue weighted by Crippen LogP contribution is 2.35. The Morgan fingerprint density at radius 2 is 1.87 bits per heavy atom. The van der Waals surface area contributed by atoms with Crippen molar-refractivity contribution >= 4 is 33.3 Å². The van der Waals surface area contributed by atoms with Gasteiger partial charge in [-0.05, 0) is 36.5 Å². The first-order chi connectivity index (χ1) is 11.2. The second kappa shape index (κ2) is 5.54. The number of nitro groups is 1. The van der Waals surface area contributed by atoms with Gasteiger partial charge in [-0.15, -0.1) is 0 Å². The first-order valence-electron chi connectivity index (χ1n) is 7.34. The van der Waals surface area contributed by atoms with Crippen molar-refractivity contribution in [1.29, 1.82) is 0 Å². The van der Waals surface area contributed by atoms with E-state index in [0.29, 0.717) is 0 Å². The van der Waals surface area contributed by atoms with Gasteiger partial charge in [0.2, 0.25) is 0 Å². The van der Waals surface area contributed by atoms with Crippen molar-refractivity contribution in [2.75, 3.05) is 18.0 Å². The molecule has 1 saturated heterocycles. The molecule has 1 aromatic carbocycles. The number of rotatable bonds is 3. The number of non-ortho nitro benzene ring substituents is 1. The maximum atomic E-state index is 10.8. The molecule has 0 saturated carbocycles. The molecule has 23 heavy (non-hydrogen) atoms. The molecule has 1 fully saturated rings. The standard InChI is InChI=1S/C15H13N5O2S/c21-20(22)11-5-3-10(4-6-11)12-13-14(23-18-12)15(17-9-16-13)19-7-1-2-8-19/h3-6,9H,1-2,7-8H2. The fourth-order valence-corrected chi connectivity index (χ4v) is 3.71. The number of fused-ring (bicyclic) bond motifs is 1. The number of hydrogen-bond acceptors (Lipinski definition) is 7. The Morgan fingerprint density at radius 1 is 1.13 bits per heavy atom. The van der Waals surface area contributed by atoms with E-state index < -0.39 is 4.92 Å². The monoisotopic (exact) mass is 327 g/mol. The third kappa shape index (κ3) is 2.40. The molecular formula is C15H13N5O2S. The fourth-order valence-electron chi connectivity index (χ4n) is 2.84. The first-order valence-corrected chi connectivity index (χ1v) is 8.11. The van der Waals surface area contributed by atoms with Gasteiger partial charge >= 0.3 is 0 Å². The van der Waals surface area contributed by atoms with E-state index in [4.69, 9.17) is 0 Å². The molecule has 0 amide bonds. The van der Waals surface area contributed by atoms with Crippen LogP contribution in [-0.2, 0) is 0 Å². The highest BCUT2D eigenvalue weighted by atomic mass is 32.1. The van der Waals surface area contributed by atoms with Crippen molar-refractivity contribution in [3.63, 3.8) is 0 Å². The maximum absolute atomic E-state index is 10.8. The molecule has 3 heterocycles. The summed E-state index contributed by atoms with van der Waals surface area (Å²) in [6.45, 7) is 2.02. The van der Waals surface area contributed by atoms with Crippen LogP contribution in [0.4, 0.5) is 11.5 Å². The van der Waals surface area contributed by atoms with E-state index in [0.717, 1.165) is 40.4 Å². The van der Waals surface area contributed by atoms with Gasteiger partial charge in [0.25, 0.3) is 5.69 Å². The molecule has 1 aliphatic heterocycles. The van der Waals surface area contributed by atoms with E-state index in [1.807, 2.05) is 0 Å². The minimum Gasteiger partial charge on any atom is -0.355 e. The van der Waals surface area contributed by atoms with Gasteiger partial charge in [-0.25, -0.2) is 9.97 Å². The molecule has 8 heteroatoms. The quantitative estimate of drug-likeness (QED) is 0.542. The second-order valence-electron chi connectivity index (χ2n) is 5.40. The van der Waals surface area contributed by atoms with Crippen LogP contribution in [-0.4, -0.2) is 32.4 Å². The Labute approximate surface area is 135 Å². The van der Waals surface area contributed by atoms with Crippen LogP contribution in [0.25, 0.3) is 21.5 Å². The molecule has 0 spiro atoms. The van der Waals surface area contributed by atoms with Gasteiger partial charge in [0.05, 0.1) is 4.92 Å². The predicted molar refractivity (Wildman–Crippen MR) is 88.7 cm³/mol. The molecule has 116 valence electrons. The van der Waals surface area contributed by atoms with Crippen LogP contribution in [0.5, 0.6) is 0 Å². The minimum absolute atomic E-state index is 0.0701. The number of anilines is 1. The van der Waals surface area contributed by atoms with Gasteiger partial charge in [-0.1, -0.05) is 0 Å². The number of nitrogens with zero attached hydrogens (tertiary/aromatic N) is 5. The number of benzene rings is 1. The Hall–Kier alpha value is -2.61. The van der Waals surface area contributed by atoms with Crippen LogP contribution in [0.2, 0.25) is 0 Å². The highest BCUT2D eigenvalue weighted by Gasteiger charge is 2.20. The molecule has 0 atom stereocenters. The van der Waals surface area contributed by atoms with E-state index in [1.54, 1.807) is 18.5 Å². The molecule has 0 N–H and O–H groups in total. The molecular weight excluding hydrogens is 314 g/mol. The SMILES string of the molecule is O=[N+]([O-])c1ccc(-c2nsc3c(N4CCCC4)ncnc23)cc1. The number of hydrogen-bond donors (Lipinski definition) is 0. The van der Waals surface area contributed by atoms with Crippen LogP contribution in [0, 0.1) is 10.1 Å². The third-order valence-corrected chi connectivity index (χ3v) is 4.83. The summed E-state index contributed by atoms with van der Waals surface area (Å²) < 4.78 is 5.49. The molecule has 0 aliphatic carbocycles. The molecule has 3 aromatic rings. The zero-order chi connectivity index (χ0) is 15.8. The minimum atomic E-state index is -0.406. The Kier molecular flexibility index (Phi) is 3.38. The van der Waals surface area contributed by atoms with Gasteiger partial charge in [-0.2, -0.15) is 4.37 Å². The topological polar surface area (TPSA) is 85.0 Å².